The lowest BCUT2D eigenvalue weighted by Gasteiger charge is -2.25. The van der Waals surface area contributed by atoms with Crippen molar-refractivity contribution >= 4 is 24.2 Å². The van der Waals surface area contributed by atoms with Crippen LogP contribution in [0.2, 0.25) is 0 Å². The van der Waals surface area contributed by atoms with Gasteiger partial charge in [-0.25, -0.2) is 0 Å². The van der Waals surface area contributed by atoms with Crippen LogP contribution in [0.1, 0.15) is 42.6 Å². The maximum absolute atomic E-state index is 12.7. The Balaban J connectivity index is 0.00000288. The standard InChI is InChI=1S/C18H27N3O2.ClH/c1-12(2)10-16(18(23)21-9-8-14(19)11-21)20-17(22)15-7-5-4-6-13(15)3;/h4-7,12,14,16H,8-11,19H2,1-3H3,(H,20,22);1H/t14-,16?;/m1./s1. The third-order valence-corrected chi connectivity index (χ3v) is 4.24. The Bertz CT molecular complexity index is 577. The molecule has 1 aliphatic rings. The topological polar surface area (TPSA) is 75.4 Å². The lowest BCUT2D eigenvalue weighted by molar-refractivity contribution is -0.132. The molecule has 134 valence electrons. The van der Waals surface area contributed by atoms with Gasteiger partial charge in [0.05, 0.1) is 0 Å². The van der Waals surface area contributed by atoms with Gasteiger partial charge in [-0.3, -0.25) is 9.59 Å². The lowest BCUT2D eigenvalue weighted by Crippen LogP contribution is -2.49. The van der Waals surface area contributed by atoms with E-state index in [1.165, 1.54) is 0 Å². The average Bonchev–Trinajstić information content (AvgIpc) is 2.92. The van der Waals surface area contributed by atoms with E-state index in [1.807, 2.05) is 25.1 Å². The molecule has 1 saturated heterocycles. The minimum atomic E-state index is -0.493. The second-order valence-electron chi connectivity index (χ2n) is 6.80. The molecule has 2 amide bonds. The molecule has 0 aliphatic carbocycles. The molecule has 6 heteroatoms. The first kappa shape index (κ1) is 20.5. The minimum absolute atomic E-state index is 0. The number of carbonyl (C=O) groups excluding carboxylic acids is 2. The Morgan fingerprint density at radius 1 is 1.33 bits per heavy atom. The van der Waals surface area contributed by atoms with Crippen molar-refractivity contribution in [3.05, 3.63) is 35.4 Å². The highest BCUT2D eigenvalue weighted by Gasteiger charge is 2.31. The number of benzene rings is 1. The highest BCUT2D eigenvalue weighted by molar-refractivity contribution is 5.98. The fourth-order valence-corrected chi connectivity index (χ4v) is 2.96. The number of nitrogens with zero attached hydrogens (tertiary/aromatic N) is 1. The first-order chi connectivity index (χ1) is 10.9. The fraction of sp³-hybridized carbons (Fsp3) is 0.556. The van der Waals surface area contributed by atoms with Crippen LogP contribution < -0.4 is 11.1 Å². The number of nitrogens with one attached hydrogen (secondary N) is 1. The molecular weight excluding hydrogens is 326 g/mol. The Labute approximate surface area is 150 Å². The summed E-state index contributed by atoms with van der Waals surface area (Å²) in [6.07, 6.45) is 1.45. The summed E-state index contributed by atoms with van der Waals surface area (Å²) in [5.74, 6) is 0.108. The van der Waals surface area contributed by atoms with Crippen LogP contribution in [0, 0.1) is 12.8 Å². The molecule has 0 saturated carbocycles. The SMILES string of the molecule is Cc1ccccc1C(=O)NC(CC(C)C)C(=O)N1CC[C@@H](N)C1.Cl. The zero-order valence-corrected chi connectivity index (χ0v) is 15.4. The fourth-order valence-electron chi connectivity index (χ4n) is 2.96. The second-order valence-corrected chi connectivity index (χ2v) is 6.80. The quantitative estimate of drug-likeness (QED) is 0.851. The molecule has 1 fully saturated rings. The molecule has 1 aromatic rings. The Kier molecular flexibility index (Phi) is 7.70. The number of amides is 2. The van der Waals surface area contributed by atoms with E-state index in [1.54, 1.807) is 11.0 Å². The van der Waals surface area contributed by atoms with Gasteiger partial charge in [-0.2, -0.15) is 0 Å². The molecule has 1 unspecified atom stereocenters. The summed E-state index contributed by atoms with van der Waals surface area (Å²) >= 11 is 0. The zero-order valence-electron chi connectivity index (χ0n) is 14.6. The number of carbonyl (C=O) groups is 2. The molecule has 1 aromatic carbocycles. The molecule has 5 nitrogen and oxygen atoms in total. The summed E-state index contributed by atoms with van der Waals surface area (Å²) in [4.78, 5) is 27.0. The van der Waals surface area contributed by atoms with Crippen molar-refractivity contribution < 1.29 is 9.59 Å². The second kappa shape index (κ2) is 9.04. The van der Waals surface area contributed by atoms with Gasteiger partial charge in [0.2, 0.25) is 5.91 Å². The predicted octanol–water partition coefficient (Wildman–Crippen LogP) is 2.12. The minimum Gasteiger partial charge on any atom is -0.340 e. The third-order valence-electron chi connectivity index (χ3n) is 4.24. The van der Waals surface area contributed by atoms with Gasteiger partial charge < -0.3 is 16.0 Å². The Morgan fingerprint density at radius 3 is 2.54 bits per heavy atom. The zero-order chi connectivity index (χ0) is 17.0. The number of rotatable bonds is 5. The van der Waals surface area contributed by atoms with Crippen molar-refractivity contribution in [2.45, 2.75) is 45.7 Å². The van der Waals surface area contributed by atoms with Gasteiger partial charge in [0.1, 0.15) is 6.04 Å². The van der Waals surface area contributed by atoms with Gasteiger partial charge in [0, 0.05) is 24.7 Å². The Hall–Kier alpha value is -1.59. The molecule has 1 heterocycles. The van der Waals surface area contributed by atoms with Crippen LogP contribution in [0.4, 0.5) is 0 Å². The number of aryl methyl sites for hydroxylation is 1. The van der Waals surface area contributed by atoms with Gasteiger partial charge in [0.15, 0.2) is 0 Å². The summed E-state index contributed by atoms with van der Waals surface area (Å²) in [7, 11) is 0. The van der Waals surface area contributed by atoms with Crippen molar-refractivity contribution in [2.75, 3.05) is 13.1 Å². The summed E-state index contributed by atoms with van der Waals surface area (Å²) in [6, 6.07) is 6.97. The van der Waals surface area contributed by atoms with E-state index in [9.17, 15) is 9.59 Å². The maximum atomic E-state index is 12.7. The summed E-state index contributed by atoms with van der Waals surface area (Å²) in [5.41, 5.74) is 7.42. The van der Waals surface area contributed by atoms with E-state index in [-0.39, 0.29) is 30.3 Å². The predicted molar refractivity (Wildman–Crippen MR) is 98.3 cm³/mol. The Morgan fingerprint density at radius 2 is 2.00 bits per heavy atom. The number of likely N-dealkylation sites (tertiary alicyclic amines) is 1. The smallest absolute Gasteiger partial charge is 0.252 e. The van der Waals surface area contributed by atoms with Crippen LogP contribution >= 0.6 is 12.4 Å². The van der Waals surface area contributed by atoms with E-state index in [2.05, 4.69) is 19.2 Å². The first-order valence-corrected chi connectivity index (χ1v) is 8.29. The molecule has 0 spiro atoms. The molecule has 24 heavy (non-hydrogen) atoms. The van der Waals surface area contributed by atoms with E-state index >= 15 is 0 Å². The van der Waals surface area contributed by atoms with E-state index in [0.29, 0.717) is 31.0 Å². The van der Waals surface area contributed by atoms with Gasteiger partial charge in [-0.15, -0.1) is 12.4 Å². The number of halogens is 1. The number of hydrogen-bond donors (Lipinski definition) is 2. The highest BCUT2D eigenvalue weighted by Crippen LogP contribution is 2.15. The van der Waals surface area contributed by atoms with E-state index < -0.39 is 6.04 Å². The molecule has 0 bridgehead atoms. The van der Waals surface area contributed by atoms with Crippen LogP contribution in [0.3, 0.4) is 0 Å². The van der Waals surface area contributed by atoms with Crippen molar-refractivity contribution in [3.8, 4) is 0 Å². The number of hydrogen-bond acceptors (Lipinski definition) is 3. The van der Waals surface area contributed by atoms with Crippen LogP contribution in [-0.4, -0.2) is 41.9 Å². The summed E-state index contributed by atoms with van der Waals surface area (Å²) in [6.45, 7) is 7.25. The van der Waals surface area contributed by atoms with Crippen LogP contribution in [-0.2, 0) is 4.79 Å². The monoisotopic (exact) mass is 353 g/mol. The molecule has 2 atom stereocenters. The average molecular weight is 354 g/mol. The van der Waals surface area contributed by atoms with Crippen molar-refractivity contribution in [1.29, 1.82) is 0 Å². The lowest BCUT2D eigenvalue weighted by atomic mass is 10.0. The van der Waals surface area contributed by atoms with Crippen molar-refractivity contribution in [1.82, 2.24) is 10.2 Å². The van der Waals surface area contributed by atoms with Crippen LogP contribution in [0.5, 0.6) is 0 Å². The van der Waals surface area contributed by atoms with E-state index in [4.69, 9.17) is 5.73 Å². The van der Waals surface area contributed by atoms with Crippen molar-refractivity contribution in [3.63, 3.8) is 0 Å². The maximum Gasteiger partial charge on any atom is 0.252 e. The normalized spacial score (nSPS) is 18.2. The van der Waals surface area contributed by atoms with Gasteiger partial charge >= 0.3 is 0 Å². The first-order valence-electron chi connectivity index (χ1n) is 8.29. The molecule has 0 aromatic heterocycles. The largest absolute Gasteiger partial charge is 0.340 e. The van der Waals surface area contributed by atoms with Gasteiger partial charge in [-0.05, 0) is 37.3 Å². The molecule has 2 rings (SSSR count). The van der Waals surface area contributed by atoms with Gasteiger partial charge in [-0.1, -0.05) is 32.0 Å². The molecule has 3 N–H and O–H groups in total. The molecular formula is C18H28ClN3O2. The van der Waals surface area contributed by atoms with Crippen LogP contribution in [0.15, 0.2) is 24.3 Å². The highest BCUT2D eigenvalue weighted by atomic mass is 35.5. The molecule has 0 radical (unpaired) electrons. The van der Waals surface area contributed by atoms with Gasteiger partial charge in [0.25, 0.3) is 5.91 Å². The summed E-state index contributed by atoms with van der Waals surface area (Å²) < 4.78 is 0. The third kappa shape index (κ3) is 5.21. The van der Waals surface area contributed by atoms with Crippen molar-refractivity contribution in [2.24, 2.45) is 11.7 Å². The summed E-state index contributed by atoms with van der Waals surface area (Å²) in [5, 5.41) is 2.93. The number of nitrogens with two attached hydrogens (primary N) is 1. The van der Waals surface area contributed by atoms with Crippen LogP contribution in [0.25, 0.3) is 0 Å². The molecule has 1 aliphatic heterocycles. The van der Waals surface area contributed by atoms with E-state index in [0.717, 1.165) is 12.0 Å².